The van der Waals surface area contributed by atoms with E-state index in [9.17, 15) is 18.0 Å². The molecule has 10 nitrogen and oxygen atoms in total. The number of amides is 1. The summed E-state index contributed by atoms with van der Waals surface area (Å²) < 4.78 is 52.5. The topological polar surface area (TPSA) is 129 Å². The molecule has 2 aromatic heterocycles. The van der Waals surface area contributed by atoms with Crippen LogP contribution in [0.3, 0.4) is 0 Å². The molecule has 3 rings (SSSR count). The zero-order valence-electron chi connectivity index (χ0n) is 20.5. The molecule has 1 aromatic carbocycles. The van der Waals surface area contributed by atoms with Gasteiger partial charge in [-0.15, -0.1) is 0 Å². The van der Waals surface area contributed by atoms with Gasteiger partial charge in [-0.2, -0.15) is 0 Å². The molecule has 0 spiro atoms. The number of hydrogen-bond donors (Lipinski definition) is 1. The summed E-state index contributed by atoms with van der Waals surface area (Å²) in [5, 5.41) is 2.45. The maximum absolute atomic E-state index is 16.1. The average molecular weight is 519 g/mol. The molecular weight excluding hydrogens is 491 g/mol. The molecule has 1 amide bonds. The van der Waals surface area contributed by atoms with Gasteiger partial charge < -0.3 is 9.47 Å². The van der Waals surface area contributed by atoms with Crippen LogP contribution in [0.5, 0.6) is 0 Å². The molecule has 0 bridgehead atoms. The number of nitrogens with zero attached hydrogens (tertiary/aromatic N) is 3. The van der Waals surface area contributed by atoms with Crippen LogP contribution in [0.25, 0.3) is 0 Å². The monoisotopic (exact) mass is 518 g/mol. The van der Waals surface area contributed by atoms with Crippen molar-refractivity contribution in [2.45, 2.75) is 50.3 Å². The number of methoxy groups -OCH3 is 1. The van der Waals surface area contributed by atoms with Gasteiger partial charge in [-0.1, -0.05) is 23.8 Å². The summed E-state index contributed by atoms with van der Waals surface area (Å²) in [5.41, 5.74) is -2.80. The smallest absolute Gasteiger partial charge is 0.413 e. The Kier molecular flexibility index (Phi) is 7.48. The summed E-state index contributed by atoms with van der Waals surface area (Å²) in [6.07, 6.45) is 1.88. The van der Waals surface area contributed by atoms with Crippen LogP contribution in [-0.2, 0) is 36.4 Å². The van der Waals surface area contributed by atoms with E-state index in [-0.39, 0.29) is 16.3 Å². The number of hydrogen-bond acceptors (Lipinski definition) is 8. The van der Waals surface area contributed by atoms with Crippen molar-refractivity contribution in [1.82, 2.24) is 13.9 Å². The highest BCUT2D eigenvalue weighted by Crippen LogP contribution is 2.31. The third-order valence-corrected chi connectivity index (χ3v) is 6.60. The Bertz CT molecular complexity index is 1350. The number of carbonyl (C=O) groups excluding carboxylic acids is 2. The van der Waals surface area contributed by atoms with E-state index in [1.54, 1.807) is 32.9 Å². The van der Waals surface area contributed by atoms with Gasteiger partial charge in [0, 0.05) is 18.8 Å². The van der Waals surface area contributed by atoms with Crippen LogP contribution in [0.2, 0.25) is 0 Å². The van der Waals surface area contributed by atoms with Crippen molar-refractivity contribution in [2.24, 2.45) is 0 Å². The second-order valence-electron chi connectivity index (χ2n) is 9.06. The Morgan fingerprint density at radius 1 is 1.08 bits per heavy atom. The van der Waals surface area contributed by atoms with E-state index < -0.39 is 45.5 Å². The zero-order chi connectivity index (χ0) is 26.7. The molecule has 2 heterocycles. The van der Waals surface area contributed by atoms with Crippen LogP contribution >= 0.6 is 0 Å². The summed E-state index contributed by atoms with van der Waals surface area (Å²) in [6.45, 7) is 6.95. The Balaban J connectivity index is 1.85. The highest BCUT2D eigenvalue weighted by atomic mass is 32.2. The maximum atomic E-state index is 16.1. The van der Waals surface area contributed by atoms with Crippen LogP contribution in [-0.4, -0.2) is 47.1 Å². The predicted octanol–water partition coefficient (Wildman–Crippen LogP) is 3.75. The number of halogens is 1. The molecule has 0 aliphatic heterocycles. The number of ether oxygens (including phenoxy) is 2. The Morgan fingerprint density at radius 2 is 1.75 bits per heavy atom. The van der Waals surface area contributed by atoms with Gasteiger partial charge in [0.25, 0.3) is 15.7 Å². The van der Waals surface area contributed by atoms with E-state index in [2.05, 4.69) is 20.0 Å². The third kappa shape index (κ3) is 6.06. The number of benzene rings is 1. The number of pyridine rings is 1. The van der Waals surface area contributed by atoms with Crippen molar-refractivity contribution in [3.63, 3.8) is 0 Å². The van der Waals surface area contributed by atoms with Crippen molar-refractivity contribution in [1.29, 1.82) is 0 Å². The minimum absolute atomic E-state index is 0.0168. The lowest BCUT2D eigenvalue weighted by Gasteiger charge is -2.21. The van der Waals surface area contributed by atoms with E-state index >= 15 is 4.39 Å². The minimum Gasteiger partial charge on any atom is -0.466 e. The lowest BCUT2D eigenvalue weighted by molar-refractivity contribution is -0.155. The van der Waals surface area contributed by atoms with Crippen molar-refractivity contribution in [3.8, 4) is 0 Å². The van der Waals surface area contributed by atoms with Crippen LogP contribution in [0.15, 0.2) is 60.0 Å². The highest BCUT2D eigenvalue weighted by Gasteiger charge is 2.45. The third-order valence-electron chi connectivity index (χ3n) is 4.97. The lowest BCUT2D eigenvalue weighted by Crippen LogP contribution is -2.35. The lowest BCUT2D eigenvalue weighted by atomic mass is 9.94. The van der Waals surface area contributed by atoms with Crippen molar-refractivity contribution in [2.75, 3.05) is 12.4 Å². The fourth-order valence-corrected chi connectivity index (χ4v) is 4.33. The number of carbonyl (C=O) groups is 2. The Hall–Kier alpha value is -3.80. The van der Waals surface area contributed by atoms with E-state index in [4.69, 9.17) is 4.74 Å². The maximum Gasteiger partial charge on any atom is 0.413 e. The first-order valence-electron chi connectivity index (χ1n) is 10.8. The van der Waals surface area contributed by atoms with Gasteiger partial charge in [0.2, 0.25) is 0 Å². The van der Waals surface area contributed by atoms with Gasteiger partial charge in [0.1, 0.15) is 23.4 Å². The zero-order valence-corrected chi connectivity index (χ0v) is 21.3. The van der Waals surface area contributed by atoms with Gasteiger partial charge in [-0.3, -0.25) is 5.32 Å². The number of rotatable bonds is 7. The summed E-state index contributed by atoms with van der Waals surface area (Å²) in [5.74, 6) is -1.10. The highest BCUT2D eigenvalue weighted by molar-refractivity contribution is 7.90. The first kappa shape index (κ1) is 26.8. The second-order valence-corrected chi connectivity index (χ2v) is 10.9. The number of imidazole rings is 1. The molecule has 36 heavy (non-hydrogen) atoms. The largest absolute Gasteiger partial charge is 0.466 e. The van der Waals surface area contributed by atoms with E-state index in [0.717, 1.165) is 29.2 Å². The molecule has 0 aliphatic carbocycles. The van der Waals surface area contributed by atoms with Gasteiger partial charge in [0.05, 0.1) is 12.0 Å². The first-order valence-corrected chi connectivity index (χ1v) is 12.3. The molecule has 1 N–H and O–H groups in total. The quantitative estimate of drug-likeness (QED) is 0.468. The fourth-order valence-electron chi connectivity index (χ4n) is 3.20. The SMILES string of the molecule is COC(=O)C(F)(Cc1ccc(NC(=O)OC(C)(C)C)nc1)c1cn(S(=O)(=O)c2ccc(C)cc2)cn1. The Morgan fingerprint density at radius 3 is 2.31 bits per heavy atom. The summed E-state index contributed by atoms with van der Waals surface area (Å²) in [7, 11) is -3.04. The van der Waals surface area contributed by atoms with E-state index in [1.165, 1.54) is 30.5 Å². The van der Waals surface area contributed by atoms with Gasteiger partial charge in [-0.05, 0) is 51.5 Å². The van der Waals surface area contributed by atoms with Crippen molar-refractivity contribution in [3.05, 3.63) is 71.9 Å². The van der Waals surface area contributed by atoms with Crippen LogP contribution in [0.4, 0.5) is 15.0 Å². The number of aromatic nitrogens is 3. The molecular formula is C24H27FN4O6S. The minimum atomic E-state index is -4.06. The molecule has 0 saturated heterocycles. The molecule has 1 unspecified atom stereocenters. The summed E-state index contributed by atoms with van der Waals surface area (Å²) >= 11 is 0. The average Bonchev–Trinajstić information content (AvgIpc) is 3.31. The second kappa shape index (κ2) is 10.1. The molecule has 3 aromatic rings. The van der Waals surface area contributed by atoms with Gasteiger partial charge >= 0.3 is 12.1 Å². The predicted molar refractivity (Wildman–Crippen MR) is 129 cm³/mol. The molecule has 0 fully saturated rings. The van der Waals surface area contributed by atoms with Crippen molar-refractivity contribution >= 4 is 27.9 Å². The number of esters is 1. The normalized spacial score (nSPS) is 13.5. The Labute approximate surface area is 208 Å². The first-order chi connectivity index (χ1) is 16.7. The van der Waals surface area contributed by atoms with Gasteiger partial charge in [-0.25, -0.2) is 36.3 Å². The van der Waals surface area contributed by atoms with Gasteiger partial charge in [0.15, 0.2) is 0 Å². The number of nitrogens with one attached hydrogen (secondary N) is 1. The molecule has 1 atom stereocenters. The number of anilines is 1. The number of alkyl halides is 1. The molecule has 192 valence electrons. The molecule has 0 radical (unpaired) electrons. The fraction of sp³-hybridized carbons (Fsp3) is 0.333. The van der Waals surface area contributed by atoms with Crippen LogP contribution in [0, 0.1) is 6.92 Å². The van der Waals surface area contributed by atoms with E-state index in [0.29, 0.717) is 0 Å². The summed E-state index contributed by atoms with van der Waals surface area (Å²) in [6, 6.07) is 8.98. The van der Waals surface area contributed by atoms with Crippen molar-refractivity contribution < 1.29 is 31.9 Å². The number of aryl methyl sites for hydroxylation is 1. The molecule has 0 saturated carbocycles. The van der Waals surface area contributed by atoms with Crippen LogP contribution in [0.1, 0.15) is 37.6 Å². The molecule has 0 aliphatic rings. The van der Waals surface area contributed by atoms with E-state index in [1.807, 2.05) is 6.92 Å². The molecule has 12 heteroatoms. The van der Waals surface area contributed by atoms with Crippen LogP contribution < -0.4 is 5.32 Å². The summed E-state index contributed by atoms with van der Waals surface area (Å²) in [4.78, 5) is 32.3. The standard InChI is InChI=1S/C24H27FN4O6S/c1-16-6-9-18(10-7-16)36(32,33)29-14-19(27-15-29)24(25,21(30)34-5)12-17-8-11-20(26-13-17)28-22(31)35-23(2,3)4/h6-11,13-15H,12H2,1-5H3,(H,26,28,31).